The van der Waals surface area contributed by atoms with Crippen LogP contribution in [0, 0.1) is 0 Å². The maximum atomic E-state index is 12.6. The summed E-state index contributed by atoms with van der Waals surface area (Å²) in [5.74, 6) is 0.605. The highest BCUT2D eigenvalue weighted by molar-refractivity contribution is 5.92. The molecule has 1 fully saturated rings. The van der Waals surface area contributed by atoms with Gasteiger partial charge in [0.1, 0.15) is 17.2 Å². The minimum absolute atomic E-state index is 0.103. The number of rotatable bonds is 5. The molecule has 10 heteroatoms. The Bertz CT molecular complexity index is 1250. The first kappa shape index (κ1) is 19.9. The number of nitrogens with one attached hydrogen (secondary N) is 1. The molecule has 1 saturated heterocycles. The van der Waals surface area contributed by atoms with Crippen molar-refractivity contribution >= 4 is 34.8 Å². The standard InChI is InChI=1S/C22H21N7O3/c23-18-6-4-14(13-24-18)16-3-1-2-15(25-16)12-20(30)27-19-7-5-17-21(28-19)32-22(26-17)29-8-10-31-11-9-29/h1-7,13H,8-12H2,(H2,23,24)(H,27,28,30). The average molecular weight is 431 g/mol. The average Bonchev–Trinajstić information content (AvgIpc) is 3.24. The van der Waals surface area contributed by atoms with Crippen LogP contribution < -0.4 is 16.0 Å². The number of nitrogens with zero attached hydrogens (tertiary/aromatic N) is 5. The molecule has 162 valence electrons. The van der Waals surface area contributed by atoms with Gasteiger partial charge in [-0.2, -0.15) is 9.97 Å². The van der Waals surface area contributed by atoms with Gasteiger partial charge in [0.05, 0.1) is 31.0 Å². The third kappa shape index (κ3) is 4.35. The summed E-state index contributed by atoms with van der Waals surface area (Å²) in [6.07, 6.45) is 1.76. The minimum atomic E-state index is -0.232. The van der Waals surface area contributed by atoms with Crippen molar-refractivity contribution in [3.8, 4) is 11.3 Å². The van der Waals surface area contributed by atoms with Crippen molar-refractivity contribution in [3.63, 3.8) is 0 Å². The summed E-state index contributed by atoms with van der Waals surface area (Å²) in [5.41, 5.74) is 8.83. The number of aromatic nitrogens is 4. The normalized spacial score (nSPS) is 13.9. The van der Waals surface area contributed by atoms with Gasteiger partial charge >= 0.3 is 0 Å². The van der Waals surface area contributed by atoms with Crippen LogP contribution in [0.15, 0.2) is 53.1 Å². The first-order valence-electron chi connectivity index (χ1n) is 10.2. The molecule has 1 aliphatic rings. The number of amides is 1. The Labute approximate surface area is 183 Å². The Morgan fingerprint density at radius 2 is 1.94 bits per heavy atom. The number of pyridine rings is 3. The quantitative estimate of drug-likeness (QED) is 0.488. The molecule has 5 heterocycles. The van der Waals surface area contributed by atoms with Gasteiger partial charge in [-0.05, 0) is 36.4 Å². The van der Waals surface area contributed by atoms with Gasteiger partial charge in [-0.3, -0.25) is 9.78 Å². The van der Waals surface area contributed by atoms with E-state index in [2.05, 4.69) is 25.3 Å². The molecule has 10 nitrogen and oxygen atoms in total. The maximum absolute atomic E-state index is 12.6. The predicted molar refractivity (Wildman–Crippen MR) is 119 cm³/mol. The number of anilines is 3. The molecule has 4 aromatic heterocycles. The lowest BCUT2D eigenvalue weighted by atomic mass is 10.1. The van der Waals surface area contributed by atoms with Crippen molar-refractivity contribution in [2.75, 3.05) is 42.3 Å². The van der Waals surface area contributed by atoms with Gasteiger partial charge in [0.25, 0.3) is 11.7 Å². The maximum Gasteiger partial charge on any atom is 0.299 e. The van der Waals surface area contributed by atoms with Crippen molar-refractivity contribution in [1.29, 1.82) is 0 Å². The molecule has 0 aliphatic carbocycles. The molecule has 0 saturated carbocycles. The number of morpholine rings is 1. The summed E-state index contributed by atoms with van der Waals surface area (Å²) >= 11 is 0. The molecule has 32 heavy (non-hydrogen) atoms. The molecule has 1 amide bonds. The third-order valence-corrected chi connectivity index (χ3v) is 5.02. The Morgan fingerprint density at radius 1 is 1.06 bits per heavy atom. The van der Waals surface area contributed by atoms with E-state index in [4.69, 9.17) is 14.9 Å². The zero-order valence-electron chi connectivity index (χ0n) is 17.2. The zero-order valence-corrected chi connectivity index (χ0v) is 17.2. The summed E-state index contributed by atoms with van der Waals surface area (Å²) < 4.78 is 11.1. The van der Waals surface area contributed by atoms with E-state index in [1.165, 1.54) is 0 Å². The molecule has 0 bridgehead atoms. The molecule has 4 aromatic rings. The highest BCUT2D eigenvalue weighted by atomic mass is 16.5. The van der Waals surface area contributed by atoms with Crippen molar-refractivity contribution < 1.29 is 13.9 Å². The van der Waals surface area contributed by atoms with Gasteiger partial charge in [0.2, 0.25) is 5.91 Å². The number of hydrogen-bond acceptors (Lipinski definition) is 9. The van der Waals surface area contributed by atoms with Crippen LogP contribution >= 0.6 is 0 Å². The smallest absolute Gasteiger partial charge is 0.299 e. The van der Waals surface area contributed by atoms with Crippen LogP contribution in [0.5, 0.6) is 0 Å². The second kappa shape index (κ2) is 8.60. The lowest BCUT2D eigenvalue weighted by Crippen LogP contribution is -2.36. The Balaban J connectivity index is 1.27. The Hall–Kier alpha value is -4.05. The molecule has 0 aromatic carbocycles. The number of carbonyl (C=O) groups excluding carboxylic acids is 1. The zero-order chi connectivity index (χ0) is 21.9. The number of nitrogen functional groups attached to an aromatic ring is 1. The topological polar surface area (TPSA) is 132 Å². The highest BCUT2D eigenvalue weighted by Crippen LogP contribution is 2.23. The summed E-state index contributed by atoms with van der Waals surface area (Å²) in [5, 5.41) is 2.80. The second-order valence-electron chi connectivity index (χ2n) is 7.33. The van der Waals surface area contributed by atoms with E-state index in [0.29, 0.717) is 47.8 Å². The molecule has 3 N–H and O–H groups in total. The van der Waals surface area contributed by atoms with Gasteiger partial charge in [-0.25, -0.2) is 4.98 Å². The van der Waals surface area contributed by atoms with Crippen LogP contribution in [0.2, 0.25) is 0 Å². The van der Waals surface area contributed by atoms with Gasteiger partial charge in [0, 0.05) is 24.8 Å². The predicted octanol–water partition coefficient (Wildman–Crippen LogP) is 2.28. The fraction of sp³-hybridized carbons (Fsp3) is 0.227. The van der Waals surface area contributed by atoms with Crippen molar-refractivity contribution in [3.05, 3.63) is 54.4 Å². The monoisotopic (exact) mass is 431 g/mol. The van der Waals surface area contributed by atoms with E-state index in [1.807, 2.05) is 23.1 Å². The van der Waals surface area contributed by atoms with Gasteiger partial charge < -0.3 is 25.1 Å². The summed E-state index contributed by atoms with van der Waals surface area (Å²) in [4.78, 5) is 32.1. The highest BCUT2D eigenvalue weighted by Gasteiger charge is 2.18. The Kier molecular flexibility index (Phi) is 5.34. The van der Waals surface area contributed by atoms with E-state index < -0.39 is 0 Å². The van der Waals surface area contributed by atoms with E-state index in [0.717, 1.165) is 24.3 Å². The number of hydrogen-bond donors (Lipinski definition) is 2. The molecule has 0 spiro atoms. The minimum Gasteiger partial charge on any atom is -0.404 e. The molecule has 0 atom stereocenters. The van der Waals surface area contributed by atoms with Crippen LogP contribution in [-0.2, 0) is 16.0 Å². The first-order chi connectivity index (χ1) is 15.6. The van der Waals surface area contributed by atoms with Crippen LogP contribution in [0.4, 0.5) is 17.7 Å². The van der Waals surface area contributed by atoms with E-state index in [9.17, 15) is 4.79 Å². The molecule has 0 radical (unpaired) electrons. The van der Waals surface area contributed by atoms with Crippen molar-refractivity contribution in [1.82, 2.24) is 19.9 Å². The molecule has 1 aliphatic heterocycles. The van der Waals surface area contributed by atoms with E-state index in [-0.39, 0.29) is 12.3 Å². The van der Waals surface area contributed by atoms with E-state index >= 15 is 0 Å². The van der Waals surface area contributed by atoms with E-state index in [1.54, 1.807) is 30.5 Å². The van der Waals surface area contributed by atoms with Crippen LogP contribution in [0.25, 0.3) is 22.5 Å². The van der Waals surface area contributed by atoms with Crippen molar-refractivity contribution in [2.45, 2.75) is 6.42 Å². The third-order valence-electron chi connectivity index (χ3n) is 5.02. The molecule has 5 rings (SSSR count). The first-order valence-corrected chi connectivity index (χ1v) is 10.2. The number of fused-ring (bicyclic) bond motifs is 1. The largest absolute Gasteiger partial charge is 0.404 e. The number of oxazole rings is 1. The molecular weight excluding hydrogens is 410 g/mol. The summed E-state index contributed by atoms with van der Waals surface area (Å²) in [7, 11) is 0. The van der Waals surface area contributed by atoms with Gasteiger partial charge in [-0.15, -0.1) is 0 Å². The lowest BCUT2D eigenvalue weighted by molar-refractivity contribution is -0.115. The van der Waals surface area contributed by atoms with Gasteiger partial charge in [-0.1, -0.05) is 6.07 Å². The van der Waals surface area contributed by atoms with Crippen LogP contribution in [-0.4, -0.2) is 52.1 Å². The second-order valence-corrected chi connectivity index (χ2v) is 7.33. The summed E-state index contributed by atoms with van der Waals surface area (Å²) in [6, 6.07) is 13.1. The fourth-order valence-corrected chi connectivity index (χ4v) is 3.41. The molecular formula is C22H21N7O3. The van der Waals surface area contributed by atoms with Crippen LogP contribution in [0.1, 0.15) is 5.69 Å². The lowest BCUT2D eigenvalue weighted by Gasteiger charge is -2.24. The SMILES string of the molecule is Nc1ccc(-c2cccc(CC(=O)Nc3ccc4nc(N5CCOCC5)oc4n3)n2)cn1. The Morgan fingerprint density at radius 3 is 2.75 bits per heavy atom. The number of ether oxygens (including phenoxy) is 1. The van der Waals surface area contributed by atoms with Gasteiger partial charge in [0.15, 0.2) is 0 Å². The van der Waals surface area contributed by atoms with Crippen molar-refractivity contribution in [2.24, 2.45) is 0 Å². The number of nitrogens with two attached hydrogens (primary N) is 1. The van der Waals surface area contributed by atoms with Crippen LogP contribution in [0.3, 0.4) is 0 Å². The summed E-state index contributed by atoms with van der Waals surface area (Å²) in [6.45, 7) is 2.71. The fourth-order valence-electron chi connectivity index (χ4n) is 3.41. The molecule has 0 unspecified atom stereocenters. The number of carbonyl (C=O) groups is 1.